The Kier molecular flexibility index (Phi) is 6.54. The minimum atomic E-state index is -3.42. The number of carbonyl (C=O) groups excluding carboxylic acids is 2. The molecule has 3 heterocycles. The zero-order valence-electron chi connectivity index (χ0n) is 18.8. The standard InChI is InChI=1S/C22H20FN5O5S2/c1-12(2)33-22(30)26-14-9-24-21-27-17(11-28(21)10-14)15-8-13(4-5-16(15)23)25-20(29)18-6-7-19(34-18)35(3,31)32/h4-12H,1-3H3,(H,25,29)(H,26,30). The van der Waals surface area contributed by atoms with E-state index in [1.54, 1.807) is 20.0 Å². The number of amides is 2. The van der Waals surface area contributed by atoms with Crippen LogP contribution in [0.2, 0.25) is 0 Å². The normalized spacial score (nSPS) is 11.6. The van der Waals surface area contributed by atoms with Crippen LogP contribution in [0.1, 0.15) is 23.5 Å². The number of imidazole rings is 1. The molecule has 0 saturated carbocycles. The van der Waals surface area contributed by atoms with Crippen LogP contribution in [0, 0.1) is 5.82 Å². The first-order valence-electron chi connectivity index (χ1n) is 10.2. The highest BCUT2D eigenvalue weighted by molar-refractivity contribution is 7.92. The van der Waals surface area contributed by atoms with Crippen LogP contribution in [0.4, 0.5) is 20.6 Å². The van der Waals surface area contributed by atoms with Crippen molar-refractivity contribution in [3.63, 3.8) is 0 Å². The van der Waals surface area contributed by atoms with E-state index in [0.717, 1.165) is 17.6 Å². The third-order valence-electron chi connectivity index (χ3n) is 4.57. The van der Waals surface area contributed by atoms with Crippen LogP contribution in [0.25, 0.3) is 17.0 Å². The number of thiophene rings is 1. The van der Waals surface area contributed by atoms with Gasteiger partial charge in [0.05, 0.1) is 28.6 Å². The predicted octanol–water partition coefficient (Wildman–Crippen LogP) is 4.21. The SMILES string of the molecule is CC(C)OC(=O)Nc1cnc2nc(-c3cc(NC(=O)c4ccc(S(C)(=O)=O)s4)ccc3F)cn2c1. The monoisotopic (exact) mass is 517 g/mol. The molecule has 182 valence electrons. The van der Waals surface area contributed by atoms with E-state index < -0.39 is 27.7 Å². The number of hydrogen-bond acceptors (Lipinski definition) is 8. The van der Waals surface area contributed by atoms with Gasteiger partial charge >= 0.3 is 6.09 Å². The molecule has 35 heavy (non-hydrogen) atoms. The number of nitrogens with one attached hydrogen (secondary N) is 2. The maximum Gasteiger partial charge on any atom is 0.411 e. The predicted molar refractivity (Wildman–Crippen MR) is 129 cm³/mol. The first kappa shape index (κ1) is 24.3. The summed E-state index contributed by atoms with van der Waals surface area (Å²) in [6.07, 6.45) is 4.62. The molecule has 2 N–H and O–H groups in total. The Bertz CT molecular complexity index is 1540. The lowest BCUT2D eigenvalue weighted by molar-refractivity contribution is 0.103. The van der Waals surface area contributed by atoms with E-state index in [-0.39, 0.29) is 32.2 Å². The summed E-state index contributed by atoms with van der Waals surface area (Å²) in [5.74, 6) is -0.826. The Morgan fingerprint density at radius 1 is 1.11 bits per heavy atom. The van der Waals surface area contributed by atoms with Crippen molar-refractivity contribution >= 4 is 50.3 Å². The Balaban J connectivity index is 1.57. The second-order valence-electron chi connectivity index (χ2n) is 7.79. The van der Waals surface area contributed by atoms with Crippen molar-refractivity contribution in [1.82, 2.24) is 14.4 Å². The molecule has 0 bridgehead atoms. The summed E-state index contributed by atoms with van der Waals surface area (Å²) in [6.45, 7) is 3.45. The summed E-state index contributed by atoms with van der Waals surface area (Å²) in [5, 5.41) is 5.19. The largest absolute Gasteiger partial charge is 0.447 e. The van der Waals surface area contributed by atoms with Crippen molar-refractivity contribution in [3.05, 3.63) is 59.6 Å². The second-order valence-corrected chi connectivity index (χ2v) is 11.1. The van der Waals surface area contributed by atoms with Crippen molar-refractivity contribution in [1.29, 1.82) is 0 Å². The lowest BCUT2D eigenvalue weighted by Gasteiger charge is -2.09. The molecule has 4 aromatic rings. The number of nitrogens with zero attached hydrogens (tertiary/aromatic N) is 3. The van der Waals surface area contributed by atoms with Crippen LogP contribution >= 0.6 is 11.3 Å². The Hall–Kier alpha value is -3.84. The molecule has 0 atom stereocenters. The van der Waals surface area contributed by atoms with Crippen LogP contribution in [0.15, 0.2) is 53.1 Å². The van der Waals surface area contributed by atoms with Gasteiger partial charge in [0.1, 0.15) is 10.0 Å². The molecule has 3 aromatic heterocycles. The third kappa shape index (κ3) is 5.63. The van der Waals surface area contributed by atoms with Crippen LogP contribution in [0.3, 0.4) is 0 Å². The van der Waals surface area contributed by atoms with Gasteiger partial charge in [-0.3, -0.25) is 14.5 Å². The molecule has 0 radical (unpaired) electrons. The smallest absolute Gasteiger partial charge is 0.411 e. The molecule has 13 heteroatoms. The zero-order chi connectivity index (χ0) is 25.3. The second kappa shape index (κ2) is 9.43. The highest BCUT2D eigenvalue weighted by Gasteiger charge is 2.17. The molecule has 2 amide bonds. The summed E-state index contributed by atoms with van der Waals surface area (Å²) < 4.78 is 44.6. The van der Waals surface area contributed by atoms with Gasteiger partial charge < -0.3 is 10.1 Å². The number of anilines is 2. The van der Waals surface area contributed by atoms with Gasteiger partial charge in [0.15, 0.2) is 9.84 Å². The fourth-order valence-corrected chi connectivity index (χ4v) is 4.90. The lowest BCUT2D eigenvalue weighted by atomic mass is 10.1. The van der Waals surface area contributed by atoms with E-state index in [4.69, 9.17) is 4.74 Å². The highest BCUT2D eigenvalue weighted by Crippen LogP contribution is 2.27. The van der Waals surface area contributed by atoms with E-state index >= 15 is 0 Å². The van der Waals surface area contributed by atoms with Gasteiger partial charge in [-0.25, -0.2) is 27.6 Å². The first-order valence-corrected chi connectivity index (χ1v) is 12.9. The number of hydrogen-bond donors (Lipinski definition) is 2. The van der Waals surface area contributed by atoms with Gasteiger partial charge in [0, 0.05) is 29.9 Å². The quantitative estimate of drug-likeness (QED) is 0.392. The summed E-state index contributed by atoms with van der Waals surface area (Å²) in [4.78, 5) is 33.0. The summed E-state index contributed by atoms with van der Waals surface area (Å²) in [6, 6.07) is 6.77. The van der Waals surface area contributed by atoms with Crippen LogP contribution in [0.5, 0.6) is 0 Å². The van der Waals surface area contributed by atoms with Crippen LogP contribution in [-0.2, 0) is 14.6 Å². The van der Waals surface area contributed by atoms with Gasteiger partial charge in [-0.15, -0.1) is 11.3 Å². The van der Waals surface area contributed by atoms with E-state index in [0.29, 0.717) is 11.4 Å². The first-order chi connectivity index (χ1) is 16.5. The van der Waals surface area contributed by atoms with E-state index in [1.165, 1.54) is 47.1 Å². The van der Waals surface area contributed by atoms with Crippen molar-refractivity contribution in [2.75, 3.05) is 16.9 Å². The minimum absolute atomic E-state index is 0.0750. The van der Waals surface area contributed by atoms with E-state index in [2.05, 4.69) is 20.6 Å². The molecule has 0 spiro atoms. The molecule has 4 rings (SSSR count). The molecule has 0 unspecified atom stereocenters. The van der Waals surface area contributed by atoms with Crippen LogP contribution < -0.4 is 10.6 Å². The van der Waals surface area contributed by atoms with E-state index in [9.17, 15) is 22.4 Å². The Labute approximate surface area is 203 Å². The van der Waals surface area contributed by atoms with Crippen molar-refractivity contribution in [2.45, 2.75) is 24.2 Å². The molecule has 0 saturated heterocycles. The molecule has 0 aliphatic carbocycles. The lowest BCUT2D eigenvalue weighted by Crippen LogP contribution is -2.18. The topological polar surface area (TPSA) is 132 Å². The average molecular weight is 518 g/mol. The molecular weight excluding hydrogens is 497 g/mol. The molecule has 0 aliphatic heterocycles. The number of rotatable bonds is 6. The number of carbonyl (C=O) groups is 2. The minimum Gasteiger partial charge on any atom is -0.447 e. The number of benzene rings is 1. The average Bonchev–Trinajstić information content (AvgIpc) is 3.41. The maximum atomic E-state index is 14.6. The molecular formula is C22H20FN5O5S2. The van der Waals surface area contributed by atoms with Gasteiger partial charge in [-0.05, 0) is 44.2 Å². The summed E-state index contributed by atoms with van der Waals surface area (Å²) in [7, 11) is -3.42. The third-order valence-corrected chi connectivity index (χ3v) is 7.47. The zero-order valence-corrected chi connectivity index (χ0v) is 20.4. The fourth-order valence-electron chi connectivity index (χ4n) is 3.07. The van der Waals surface area contributed by atoms with Crippen molar-refractivity contribution < 1.29 is 27.1 Å². The number of ether oxygens (including phenoxy) is 1. The van der Waals surface area contributed by atoms with Gasteiger partial charge in [0.25, 0.3) is 5.91 Å². The highest BCUT2D eigenvalue weighted by atomic mass is 32.2. The van der Waals surface area contributed by atoms with Gasteiger partial charge in [-0.1, -0.05) is 0 Å². The number of aromatic nitrogens is 3. The van der Waals surface area contributed by atoms with Crippen LogP contribution in [-0.4, -0.2) is 47.1 Å². The molecule has 10 nitrogen and oxygen atoms in total. The Morgan fingerprint density at radius 2 is 1.89 bits per heavy atom. The van der Waals surface area contributed by atoms with Crippen molar-refractivity contribution in [3.8, 4) is 11.3 Å². The van der Waals surface area contributed by atoms with Crippen molar-refractivity contribution in [2.24, 2.45) is 0 Å². The fraction of sp³-hybridized carbons (Fsp3) is 0.182. The molecule has 0 fully saturated rings. The van der Waals surface area contributed by atoms with E-state index in [1.807, 2.05) is 0 Å². The maximum absolute atomic E-state index is 14.6. The number of sulfone groups is 1. The van der Waals surface area contributed by atoms with Gasteiger partial charge in [-0.2, -0.15) is 0 Å². The molecule has 1 aromatic carbocycles. The molecule has 0 aliphatic rings. The Morgan fingerprint density at radius 3 is 2.57 bits per heavy atom. The van der Waals surface area contributed by atoms with Gasteiger partial charge in [0.2, 0.25) is 5.78 Å². The summed E-state index contributed by atoms with van der Waals surface area (Å²) >= 11 is 0.846. The summed E-state index contributed by atoms with van der Waals surface area (Å²) in [5.41, 5.74) is 1.02. The number of fused-ring (bicyclic) bond motifs is 1. The number of halogens is 1.